The fraction of sp³-hybridized carbons (Fsp3) is 0.714. The lowest BCUT2D eigenvalue weighted by molar-refractivity contribution is 0.0308. The van der Waals surface area contributed by atoms with Crippen molar-refractivity contribution in [3.05, 3.63) is 24.3 Å². The maximum Gasteiger partial charge on any atom is 0.0849 e. The molecule has 0 N–H and O–H groups in total. The summed E-state index contributed by atoms with van der Waals surface area (Å²) in [5.74, 6) is 0.709. The van der Waals surface area contributed by atoms with E-state index in [0.717, 1.165) is 19.4 Å². The van der Waals surface area contributed by atoms with E-state index in [4.69, 9.17) is 4.74 Å². The quantitative estimate of drug-likeness (QED) is 0.633. The molecule has 2 aliphatic rings. The molecule has 15 heavy (non-hydrogen) atoms. The highest BCUT2D eigenvalue weighted by molar-refractivity contribution is 5.30. The smallest absolute Gasteiger partial charge is 0.0849 e. The van der Waals surface area contributed by atoms with Crippen molar-refractivity contribution >= 4 is 0 Å². The molecule has 0 radical (unpaired) electrons. The van der Waals surface area contributed by atoms with Crippen LogP contribution in [0.3, 0.4) is 0 Å². The zero-order valence-corrected chi connectivity index (χ0v) is 9.63. The van der Waals surface area contributed by atoms with E-state index in [-0.39, 0.29) is 6.10 Å². The van der Waals surface area contributed by atoms with Gasteiger partial charge in [0.1, 0.15) is 0 Å². The summed E-state index contributed by atoms with van der Waals surface area (Å²) >= 11 is 0. The zero-order valence-electron chi connectivity index (χ0n) is 9.63. The van der Waals surface area contributed by atoms with Crippen LogP contribution < -0.4 is 0 Å². The van der Waals surface area contributed by atoms with Crippen LogP contribution in [0.4, 0.5) is 0 Å². The lowest BCUT2D eigenvalue weighted by atomic mass is 9.81. The van der Waals surface area contributed by atoms with Gasteiger partial charge in [0.15, 0.2) is 0 Å². The molecule has 2 fully saturated rings. The van der Waals surface area contributed by atoms with Gasteiger partial charge in [0.25, 0.3) is 0 Å². The molecule has 1 aliphatic carbocycles. The van der Waals surface area contributed by atoms with Gasteiger partial charge in [0, 0.05) is 6.61 Å². The van der Waals surface area contributed by atoms with Gasteiger partial charge in [-0.05, 0) is 42.7 Å². The maximum atomic E-state index is 5.96. The second kappa shape index (κ2) is 4.98. The Morgan fingerprint density at radius 2 is 1.73 bits per heavy atom. The molecule has 1 heterocycles. The lowest BCUT2D eigenvalue weighted by Crippen LogP contribution is -2.27. The Balaban J connectivity index is 2.04. The average molecular weight is 206 g/mol. The zero-order chi connectivity index (χ0) is 10.7. The first-order chi connectivity index (χ1) is 7.29. The van der Waals surface area contributed by atoms with Crippen molar-refractivity contribution in [1.29, 1.82) is 0 Å². The predicted molar refractivity (Wildman–Crippen MR) is 63.8 cm³/mol. The highest BCUT2D eigenvalue weighted by Gasteiger charge is 2.28. The molecule has 1 saturated carbocycles. The van der Waals surface area contributed by atoms with Crippen LogP contribution in [0, 0.1) is 5.92 Å². The second-order valence-corrected chi connectivity index (χ2v) is 4.92. The van der Waals surface area contributed by atoms with Crippen LogP contribution >= 0.6 is 0 Å². The van der Waals surface area contributed by atoms with E-state index in [1.807, 2.05) is 0 Å². The largest absolute Gasteiger partial charge is 0.373 e. The summed E-state index contributed by atoms with van der Waals surface area (Å²) < 4.78 is 5.96. The van der Waals surface area contributed by atoms with Gasteiger partial charge >= 0.3 is 0 Å². The molecule has 1 heteroatoms. The van der Waals surface area contributed by atoms with Crippen molar-refractivity contribution in [2.75, 3.05) is 6.61 Å². The SMILES string of the molecule is C=C1CCCOC(C2CCCCC2)C1=C. The van der Waals surface area contributed by atoms with Crippen LogP contribution in [0.25, 0.3) is 0 Å². The van der Waals surface area contributed by atoms with Gasteiger partial charge in [0.05, 0.1) is 6.10 Å². The van der Waals surface area contributed by atoms with Crippen molar-refractivity contribution in [2.24, 2.45) is 5.92 Å². The summed E-state index contributed by atoms with van der Waals surface area (Å²) in [6.07, 6.45) is 9.22. The molecule has 0 bridgehead atoms. The monoisotopic (exact) mass is 206 g/mol. The lowest BCUT2D eigenvalue weighted by Gasteiger charge is -2.30. The predicted octanol–water partition coefficient (Wildman–Crippen LogP) is 3.86. The first-order valence-corrected chi connectivity index (χ1v) is 6.27. The molecular formula is C14H22O. The fourth-order valence-electron chi connectivity index (χ4n) is 2.82. The molecule has 0 aromatic heterocycles. The van der Waals surface area contributed by atoms with Crippen LogP contribution in [-0.4, -0.2) is 12.7 Å². The number of rotatable bonds is 1. The Morgan fingerprint density at radius 1 is 1.00 bits per heavy atom. The summed E-state index contributed by atoms with van der Waals surface area (Å²) in [5, 5.41) is 0. The standard InChI is InChI=1S/C14H22O/c1-11-7-6-10-15-14(12(11)2)13-8-4-3-5-9-13/h13-14H,1-10H2. The number of hydrogen-bond acceptors (Lipinski definition) is 1. The van der Waals surface area contributed by atoms with Crippen LogP contribution in [0.1, 0.15) is 44.9 Å². The molecule has 1 unspecified atom stereocenters. The molecule has 1 aliphatic heterocycles. The fourth-order valence-corrected chi connectivity index (χ4v) is 2.82. The molecule has 2 rings (SSSR count). The summed E-state index contributed by atoms with van der Waals surface area (Å²) in [5.41, 5.74) is 2.41. The van der Waals surface area contributed by atoms with Crippen molar-refractivity contribution in [1.82, 2.24) is 0 Å². The van der Waals surface area contributed by atoms with Crippen molar-refractivity contribution < 1.29 is 4.74 Å². The average Bonchev–Trinajstić information content (AvgIpc) is 2.44. The Labute approximate surface area is 93.2 Å². The minimum Gasteiger partial charge on any atom is -0.373 e. The van der Waals surface area contributed by atoms with Gasteiger partial charge in [-0.25, -0.2) is 0 Å². The van der Waals surface area contributed by atoms with Gasteiger partial charge in [-0.2, -0.15) is 0 Å². The summed E-state index contributed by atoms with van der Waals surface area (Å²) in [6.45, 7) is 9.20. The highest BCUT2D eigenvalue weighted by atomic mass is 16.5. The molecule has 0 aromatic rings. The third kappa shape index (κ3) is 2.52. The van der Waals surface area contributed by atoms with E-state index >= 15 is 0 Å². The summed E-state index contributed by atoms with van der Waals surface area (Å²) in [7, 11) is 0. The minimum absolute atomic E-state index is 0.278. The van der Waals surface area contributed by atoms with Crippen LogP contribution in [0.2, 0.25) is 0 Å². The molecule has 0 aromatic carbocycles. The van der Waals surface area contributed by atoms with E-state index < -0.39 is 0 Å². The molecule has 1 nitrogen and oxygen atoms in total. The summed E-state index contributed by atoms with van der Waals surface area (Å²) in [6, 6.07) is 0. The molecule has 1 saturated heterocycles. The van der Waals surface area contributed by atoms with Crippen LogP contribution in [0.15, 0.2) is 24.3 Å². The van der Waals surface area contributed by atoms with Gasteiger partial charge < -0.3 is 4.74 Å². The van der Waals surface area contributed by atoms with E-state index in [1.54, 1.807) is 0 Å². The first-order valence-electron chi connectivity index (χ1n) is 6.27. The van der Waals surface area contributed by atoms with Gasteiger partial charge in [-0.1, -0.05) is 32.4 Å². The normalized spacial score (nSPS) is 30.3. The molecule has 0 spiro atoms. The van der Waals surface area contributed by atoms with Crippen molar-refractivity contribution in [2.45, 2.75) is 51.0 Å². The van der Waals surface area contributed by atoms with E-state index in [1.165, 1.54) is 43.3 Å². The number of ether oxygens (including phenoxy) is 1. The Bertz CT molecular complexity index is 248. The van der Waals surface area contributed by atoms with Gasteiger partial charge in [-0.3, -0.25) is 0 Å². The minimum atomic E-state index is 0.278. The first kappa shape index (κ1) is 10.9. The van der Waals surface area contributed by atoms with Crippen molar-refractivity contribution in [3.8, 4) is 0 Å². The van der Waals surface area contributed by atoms with Crippen LogP contribution in [0.5, 0.6) is 0 Å². The molecule has 0 amide bonds. The number of hydrogen-bond donors (Lipinski definition) is 0. The van der Waals surface area contributed by atoms with Crippen LogP contribution in [-0.2, 0) is 4.74 Å². The van der Waals surface area contributed by atoms with Gasteiger partial charge in [-0.15, -0.1) is 0 Å². The summed E-state index contributed by atoms with van der Waals surface area (Å²) in [4.78, 5) is 0. The third-order valence-corrected chi connectivity index (χ3v) is 3.80. The Morgan fingerprint density at radius 3 is 2.47 bits per heavy atom. The second-order valence-electron chi connectivity index (χ2n) is 4.92. The maximum absolute atomic E-state index is 5.96. The van der Waals surface area contributed by atoms with E-state index in [9.17, 15) is 0 Å². The van der Waals surface area contributed by atoms with E-state index in [2.05, 4.69) is 13.2 Å². The topological polar surface area (TPSA) is 9.23 Å². The Hall–Kier alpha value is -0.560. The molecular weight excluding hydrogens is 184 g/mol. The van der Waals surface area contributed by atoms with Gasteiger partial charge in [0.2, 0.25) is 0 Å². The molecule has 84 valence electrons. The third-order valence-electron chi connectivity index (χ3n) is 3.80. The van der Waals surface area contributed by atoms with E-state index in [0.29, 0.717) is 5.92 Å². The van der Waals surface area contributed by atoms with Crippen molar-refractivity contribution in [3.63, 3.8) is 0 Å². The highest BCUT2D eigenvalue weighted by Crippen LogP contribution is 2.35. The Kier molecular flexibility index (Phi) is 3.63. The molecule has 1 atom stereocenters.